The third-order valence-electron chi connectivity index (χ3n) is 4.65. The molecule has 0 fully saturated rings. The normalized spacial score (nSPS) is 13.6. The van der Waals surface area contributed by atoms with Crippen LogP contribution in [0.2, 0.25) is 0 Å². The van der Waals surface area contributed by atoms with E-state index < -0.39 is 11.6 Å². The summed E-state index contributed by atoms with van der Waals surface area (Å²) in [5.74, 6) is -0.562. The van der Waals surface area contributed by atoms with Gasteiger partial charge in [0.2, 0.25) is 0 Å². The van der Waals surface area contributed by atoms with Crippen LogP contribution in [0.4, 0.5) is 14.5 Å². The topological polar surface area (TPSA) is 34.5 Å². The van der Waals surface area contributed by atoms with E-state index in [0.717, 1.165) is 41.1 Å². The average Bonchev–Trinajstić information content (AvgIpc) is 3.04. The van der Waals surface area contributed by atoms with E-state index in [1.54, 1.807) is 7.11 Å². The van der Waals surface area contributed by atoms with Gasteiger partial charge in [0.25, 0.3) is 0 Å². The standard InChI is InChI=1S/C21H18F2N2OS2/c1-26-13-10-9-12-5-3-8-17-19(14(12)11-13)28-21(24-17)20(27-2)25-18-15(22)6-4-7-16(18)23/h4,6-7,9-11H,3,5,8H2,1-2H3. The first kappa shape index (κ1) is 19.1. The third kappa shape index (κ3) is 3.56. The number of rotatable bonds is 3. The first-order valence-electron chi connectivity index (χ1n) is 8.84. The van der Waals surface area contributed by atoms with Gasteiger partial charge in [-0.15, -0.1) is 23.1 Å². The van der Waals surface area contributed by atoms with Crippen molar-refractivity contribution in [2.45, 2.75) is 19.3 Å². The van der Waals surface area contributed by atoms with Gasteiger partial charge in [0.1, 0.15) is 21.5 Å². The Hall–Kier alpha value is -2.25. The maximum atomic E-state index is 14.0. The van der Waals surface area contributed by atoms with Gasteiger partial charge in [-0.2, -0.15) is 0 Å². The molecule has 0 saturated heterocycles. The molecule has 2 aromatic carbocycles. The molecule has 3 nitrogen and oxygen atoms in total. The number of thioether (sulfide) groups is 1. The number of hydrogen-bond donors (Lipinski definition) is 0. The van der Waals surface area contributed by atoms with Crippen LogP contribution in [0.5, 0.6) is 5.75 Å². The van der Waals surface area contributed by atoms with Crippen LogP contribution >= 0.6 is 23.1 Å². The number of para-hydroxylation sites is 1. The summed E-state index contributed by atoms with van der Waals surface area (Å²) in [6.45, 7) is 0. The van der Waals surface area contributed by atoms with Gasteiger partial charge in [-0.3, -0.25) is 0 Å². The van der Waals surface area contributed by atoms with Gasteiger partial charge in [-0.25, -0.2) is 18.8 Å². The van der Waals surface area contributed by atoms with Crippen molar-refractivity contribution in [3.63, 3.8) is 0 Å². The van der Waals surface area contributed by atoms with Crippen molar-refractivity contribution in [3.8, 4) is 16.2 Å². The molecule has 7 heteroatoms. The molecule has 0 atom stereocenters. The van der Waals surface area contributed by atoms with Crippen molar-refractivity contribution in [3.05, 3.63) is 64.3 Å². The van der Waals surface area contributed by atoms with Crippen molar-refractivity contribution < 1.29 is 13.5 Å². The van der Waals surface area contributed by atoms with Crippen LogP contribution in [0.3, 0.4) is 0 Å². The molecule has 1 aliphatic rings. The summed E-state index contributed by atoms with van der Waals surface area (Å²) in [7, 11) is 1.65. The van der Waals surface area contributed by atoms with E-state index >= 15 is 0 Å². The van der Waals surface area contributed by atoms with Crippen molar-refractivity contribution in [1.82, 2.24) is 4.98 Å². The first-order chi connectivity index (χ1) is 13.6. The predicted octanol–water partition coefficient (Wildman–Crippen LogP) is 6.03. The van der Waals surface area contributed by atoms with E-state index in [9.17, 15) is 8.78 Å². The number of methoxy groups -OCH3 is 1. The maximum Gasteiger partial charge on any atom is 0.151 e. The van der Waals surface area contributed by atoms with Gasteiger partial charge < -0.3 is 4.74 Å². The highest BCUT2D eigenvalue weighted by Crippen LogP contribution is 2.40. The first-order valence-corrected chi connectivity index (χ1v) is 10.9. The van der Waals surface area contributed by atoms with Crippen LogP contribution < -0.4 is 4.74 Å². The summed E-state index contributed by atoms with van der Waals surface area (Å²) in [5.41, 5.74) is 3.10. The minimum atomic E-state index is -0.681. The fourth-order valence-corrected chi connectivity index (χ4v) is 5.08. The Morgan fingerprint density at radius 3 is 2.68 bits per heavy atom. The van der Waals surface area contributed by atoms with Crippen molar-refractivity contribution in [1.29, 1.82) is 0 Å². The number of aromatic nitrogens is 1. The molecular formula is C21H18F2N2OS2. The highest BCUT2D eigenvalue weighted by atomic mass is 32.2. The Balaban J connectivity index is 1.82. The molecule has 3 aromatic rings. The molecule has 144 valence electrons. The van der Waals surface area contributed by atoms with Gasteiger partial charge in [-0.1, -0.05) is 12.1 Å². The SMILES string of the molecule is COc1ccc2c(c1)-c1sc(C(=Nc3c(F)cccc3F)SC)nc1CCC2. The molecule has 28 heavy (non-hydrogen) atoms. The van der Waals surface area contributed by atoms with E-state index in [2.05, 4.69) is 11.1 Å². The highest BCUT2D eigenvalue weighted by molar-refractivity contribution is 8.14. The van der Waals surface area contributed by atoms with Gasteiger partial charge >= 0.3 is 0 Å². The van der Waals surface area contributed by atoms with Crippen LogP contribution in [0, 0.1) is 11.6 Å². The number of halogens is 2. The van der Waals surface area contributed by atoms with Crippen LogP contribution in [0.1, 0.15) is 22.7 Å². The molecule has 1 heterocycles. The zero-order valence-corrected chi connectivity index (χ0v) is 17.1. The summed E-state index contributed by atoms with van der Waals surface area (Å²) < 4.78 is 33.5. The lowest BCUT2D eigenvalue weighted by molar-refractivity contribution is 0.415. The van der Waals surface area contributed by atoms with Gasteiger partial charge in [0, 0.05) is 5.56 Å². The number of hydrogen-bond acceptors (Lipinski definition) is 5. The lowest BCUT2D eigenvalue weighted by Crippen LogP contribution is -1.96. The Morgan fingerprint density at radius 2 is 1.96 bits per heavy atom. The maximum absolute atomic E-state index is 14.0. The Morgan fingerprint density at radius 1 is 1.18 bits per heavy atom. The average molecular weight is 417 g/mol. The summed E-state index contributed by atoms with van der Waals surface area (Å²) in [6.07, 6.45) is 4.69. The fraction of sp³-hybridized carbons (Fsp3) is 0.238. The lowest BCUT2D eigenvalue weighted by atomic mass is 10.0. The summed E-state index contributed by atoms with van der Waals surface area (Å²) in [5, 5.41) is 1.18. The molecule has 0 amide bonds. The minimum absolute atomic E-state index is 0.278. The second-order valence-corrected chi connectivity index (χ2v) is 8.16. The largest absolute Gasteiger partial charge is 0.497 e. The van der Waals surface area contributed by atoms with Crippen molar-refractivity contribution in [2.24, 2.45) is 4.99 Å². The van der Waals surface area contributed by atoms with Gasteiger partial charge in [0.15, 0.2) is 11.6 Å². The monoisotopic (exact) mass is 416 g/mol. The van der Waals surface area contributed by atoms with Crippen LogP contribution in [0.25, 0.3) is 10.4 Å². The summed E-state index contributed by atoms with van der Waals surface area (Å²) in [6, 6.07) is 9.85. The second-order valence-electron chi connectivity index (χ2n) is 6.36. The number of thiazole rings is 1. The van der Waals surface area contributed by atoms with E-state index in [1.807, 2.05) is 18.4 Å². The Bertz CT molecular complexity index is 1040. The van der Waals surface area contributed by atoms with E-state index in [0.29, 0.717) is 10.1 Å². The number of fused-ring (bicyclic) bond motifs is 3. The van der Waals surface area contributed by atoms with Crippen LogP contribution in [-0.4, -0.2) is 23.4 Å². The molecule has 0 N–H and O–H groups in total. The quantitative estimate of drug-likeness (QED) is 0.386. The lowest BCUT2D eigenvalue weighted by Gasteiger charge is -2.08. The molecule has 1 aliphatic carbocycles. The molecular weight excluding hydrogens is 398 g/mol. The molecule has 0 unspecified atom stereocenters. The predicted molar refractivity (Wildman–Crippen MR) is 112 cm³/mol. The van der Waals surface area contributed by atoms with E-state index in [-0.39, 0.29) is 5.69 Å². The molecule has 4 rings (SSSR count). The zero-order valence-electron chi connectivity index (χ0n) is 15.5. The smallest absolute Gasteiger partial charge is 0.151 e. The van der Waals surface area contributed by atoms with E-state index in [4.69, 9.17) is 9.72 Å². The van der Waals surface area contributed by atoms with Gasteiger partial charge in [0.05, 0.1) is 17.7 Å². The second kappa shape index (κ2) is 8.01. The van der Waals surface area contributed by atoms with Crippen molar-refractivity contribution in [2.75, 3.05) is 13.4 Å². The highest BCUT2D eigenvalue weighted by Gasteiger charge is 2.22. The zero-order chi connectivity index (χ0) is 19.7. The number of aliphatic imine (C=N–C) groups is 1. The number of benzene rings is 2. The summed E-state index contributed by atoms with van der Waals surface area (Å²) >= 11 is 2.84. The van der Waals surface area contributed by atoms with Crippen LogP contribution in [-0.2, 0) is 12.8 Å². The molecule has 1 aromatic heterocycles. The summed E-state index contributed by atoms with van der Waals surface area (Å²) in [4.78, 5) is 10.1. The molecule has 0 aliphatic heterocycles. The Labute approximate surface area is 170 Å². The molecule has 0 saturated carbocycles. The molecule has 0 bridgehead atoms. The van der Waals surface area contributed by atoms with Crippen LogP contribution in [0.15, 0.2) is 41.4 Å². The number of ether oxygens (including phenoxy) is 1. The fourth-order valence-electron chi connectivity index (χ4n) is 3.26. The molecule has 0 spiro atoms. The van der Waals surface area contributed by atoms with Crippen molar-refractivity contribution >= 4 is 33.8 Å². The Kier molecular flexibility index (Phi) is 5.46. The van der Waals surface area contributed by atoms with E-state index in [1.165, 1.54) is 46.9 Å². The minimum Gasteiger partial charge on any atom is -0.497 e. The molecule has 0 radical (unpaired) electrons. The number of nitrogens with zero attached hydrogens (tertiary/aromatic N) is 2. The number of aryl methyl sites for hydroxylation is 2. The third-order valence-corrected chi connectivity index (χ3v) is 6.58. The van der Waals surface area contributed by atoms with Gasteiger partial charge in [-0.05, 0) is 55.3 Å².